The number of rotatable bonds is 4. The number of amides is 2. The highest BCUT2D eigenvalue weighted by atomic mass is 32.2. The van der Waals surface area contributed by atoms with Gasteiger partial charge in [-0.15, -0.1) is 0 Å². The van der Waals surface area contributed by atoms with E-state index in [0.717, 1.165) is 51.4 Å². The van der Waals surface area contributed by atoms with Crippen LogP contribution >= 0.6 is 11.8 Å². The van der Waals surface area contributed by atoms with Gasteiger partial charge >= 0.3 is 6.03 Å². The molecule has 0 aromatic carbocycles. The van der Waals surface area contributed by atoms with Crippen molar-refractivity contribution in [2.45, 2.75) is 24.1 Å². The van der Waals surface area contributed by atoms with E-state index >= 15 is 0 Å². The van der Waals surface area contributed by atoms with E-state index in [1.54, 1.807) is 26.0 Å². The fourth-order valence-electron chi connectivity index (χ4n) is 4.25. The number of nitrogens with one attached hydrogen (secondary N) is 1. The predicted molar refractivity (Wildman–Crippen MR) is 112 cm³/mol. The number of carbonyl (C=O) groups is 1. The average Bonchev–Trinajstić information content (AvgIpc) is 3.46. The van der Waals surface area contributed by atoms with Gasteiger partial charge in [-0.2, -0.15) is 0 Å². The van der Waals surface area contributed by atoms with Crippen LogP contribution in [-0.2, 0) is 14.2 Å². The first-order valence-corrected chi connectivity index (χ1v) is 10.8. The van der Waals surface area contributed by atoms with E-state index in [1.807, 2.05) is 18.1 Å². The van der Waals surface area contributed by atoms with E-state index in [2.05, 4.69) is 15.2 Å². The minimum Gasteiger partial charge on any atom is -0.482 e. The van der Waals surface area contributed by atoms with Gasteiger partial charge in [0.2, 0.25) is 5.90 Å². The molecule has 0 aliphatic carbocycles. The summed E-state index contributed by atoms with van der Waals surface area (Å²) in [5.41, 5.74) is 1.19. The number of fused-ring (bicyclic) bond motifs is 1. The summed E-state index contributed by atoms with van der Waals surface area (Å²) in [7, 11) is 5.31. The normalized spacial score (nSPS) is 30.7. The zero-order valence-electron chi connectivity index (χ0n) is 17.2. The van der Waals surface area contributed by atoms with Crippen LogP contribution < -0.4 is 5.32 Å². The third-order valence-electron chi connectivity index (χ3n) is 6.06. The lowest BCUT2D eigenvalue weighted by Gasteiger charge is -2.30. The number of likely N-dealkylation sites (N-methyl/N-ethyl adjacent to an activating group) is 1. The largest absolute Gasteiger partial charge is 0.482 e. The average molecular weight is 424 g/mol. The lowest BCUT2D eigenvalue weighted by Crippen LogP contribution is -2.41. The number of thioether (sulfide) groups is 1. The molecule has 9 nitrogen and oxygen atoms in total. The molecule has 10 heteroatoms. The first-order valence-electron chi connectivity index (χ1n) is 9.95. The Balaban J connectivity index is 1.41. The second-order valence-corrected chi connectivity index (χ2v) is 9.09. The number of urea groups is 1. The molecule has 0 bridgehead atoms. The van der Waals surface area contributed by atoms with Crippen molar-refractivity contribution in [2.24, 2.45) is 15.4 Å². The third kappa shape index (κ3) is 4.10. The van der Waals surface area contributed by atoms with Gasteiger partial charge in [0.15, 0.2) is 5.17 Å². The van der Waals surface area contributed by atoms with Crippen LogP contribution in [0.3, 0.4) is 0 Å². The summed E-state index contributed by atoms with van der Waals surface area (Å²) in [6.45, 7) is 4.44. The summed E-state index contributed by atoms with van der Waals surface area (Å²) in [5, 5.41) is 3.65. The van der Waals surface area contributed by atoms with Crippen LogP contribution in [0, 0.1) is 5.41 Å². The number of ether oxygens (including phenoxy) is 3. The van der Waals surface area contributed by atoms with Crippen molar-refractivity contribution in [1.29, 1.82) is 0 Å². The van der Waals surface area contributed by atoms with Gasteiger partial charge in [0.05, 0.1) is 31.8 Å². The SMILES string of the molecule is COCCN(C)C1=CN=C(OC)C2N=C(NC(=O)N3CCC4(CCOC4)C3)SC12. The van der Waals surface area contributed by atoms with Gasteiger partial charge in [-0.3, -0.25) is 5.32 Å². The van der Waals surface area contributed by atoms with Crippen molar-refractivity contribution in [3.05, 3.63) is 11.9 Å². The third-order valence-corrected chi connectivity index (χ3v) is 7.24. The molecule has 1 N–H and O–H groups in total. The highest BCUT2D eigenvalue weighted by Crippen LogP contribution is 2.39. The number of hydrogen-bond acceptors (Lipinski definition) is 8. The molecular formula is C19H29N5O4S. The van der Waals surface area contributed by atoms with Gasteiger partial charge < -0.3 is 24.0 Å². The van der Waals surface area contributed by atoms with Crippen LogP contribution in [0.2, 0.25) is 0 Å². The molecule has 2 amide bonds. The number of carbonyl (C=O) groups excluding carboxylic acids is 1. The van der Waals surface area contributed by atoms with Gasteiger partial charge in [0.1, 0.15) is 6.04 Å². The van der Waals surface area contributed by atoms with Crippen molar-refractivity contribution in [3.8, 4) is 0 Å². The van der Waals surface area contributed by atoms with E-state index in [1.165, 1.54) is 0 Å². The second kappa shape index (κ2) is 8.53. The fourth-order valence-corrected chi connectivity index (χ4v) is 5.48. The Labute approximate surface area is 175 Å². The molecule has 160 valence electrons. The predicted octanol–water partition coefficient (Wildman–Crippen LogP) is 1.13. The van der Waals surface area contributed by atoms with E-state index in [-0.39, 0.29) is 22.7 Å². The number of likely N-dealkylation sites (tertiary alicyclic amines) is 1. The molecule has 29 heavy (non-hydrogen) atoms. The Morgan fingerprint density at radius 1 is 1.48 bits per heavy atom. The minimum atomic E-state index is -0.238. The molecule has 0 saturated carbocycles. The monoisotopic (exact) mass is 423 g/mol. The molecule has 0 aromatic rings. The fraction of sp³-hybridized carbons (Fsp3) is 0.737. The number of nitrogens with zero attached hydrogens (tertiary/aromatic N) is 4. The van der Waals surface area contributed by atoms with Crippen molar-refractivity contribution >= 4 is 28.9 Å². The van der Waals surface area contributed by atoms with Crippen LogP contribution in [0.15, 0.2) is 21.9 Å². The van der Waals surface area contributed by atoms with Crippen molar-refractivity contribution in [3.63, 3.8) is 0 Å². The summed E-state index contributed by atoms with van der Waals surface area (Å²) in [6.07, 6.45) is 3.86. The molecule has 2 fully saturated rings. The smallest absolute Gasteiger partial charge is 0.323 e. The second-order valence-electron chi connectivity index (χ2n) is 7.96. The maximum Gasteiger partial charge on any atom is 0.323 e. The maximum atomic E-state index is 12.8. The van der Waals surface area contributed by atoms with E-state index in [4.69, 9.17) is 19.2 Å². The van der Waals surface area contributed by atoms with Crippen molar-refractivity contribution in [1.82, 2.24) is 15.1 Å². The summed E-state index contributed by atoms with van der Waals surface area (Å²) in [5.74, 6) is 0.568. The first kappa shape index (κ1) is 20.5. The Bertz CT molecular complexity index is 734. The summed E-state index contributed by atoms with van der Waals surface area (Å²) >= 11 is 1.55. The van der Waals surface area contributed by atoms with E-state index < -0.39 is 0 Å². The van der Waals surface area contributed by atoms with Gasteiger partial charge in [-0.25, -0.2) is 14.8 Å². The van der Waals surface area contributed by atoms with Gasteiger partial charge in [-0.05, 0) is 12.8 Å². The lowest BCUT2D eigenvalue weighted by molar-refractivity contribution is 0.153. The van der Waals surface area contributed by atoms with Crippen molar-refractivity contribution < 1.29 is 19.0 Å². The van der Waals surface area contributed by atoms with Gasteiger partial charge in [-0.1, -0.05) is 11.8 Å². The molecule has 4 heterocycles. The van der Waals surface area contributed by atoms with Crippen LogP contribution in [0.1, 0.15) is 12.8 Å². The van der Waals surface area contributed by atoms with Crippen LogP contribution in [-0.4, -0.2) is 98.9 Å². The van der Waals surface area contributed by atoms with Crippen LogP contribution in [0.4, 0.5) is 4.79 Å². The molecule has 4 aliphatic heterocycles. The van der Waals surface area contributed by atoms with Crippen LogP contribution in [0.25, 0.3) is 0 Å². The molecule has 3 unspecified atom stereocenters. The summed E-state index contributed by atoms with van der Waals surface area (Å²) in [4.78, 5) is 26.0. The zero-order valence-corrected chi connectivity index (χ0v) is 18.0. The van der Waals surface area contributed by atoms with Crippen LogP contribution in [0.5, 0.6) is 0 Å². The summed E-state index contributed by atoms with van der Waals surface area (Å²) in [6, 6.07) is -0.328. The molecule has 3 atom stereocenters. The molecule has 4 rings (SSSR count). The highest BCUT2D eigenvalue weighted by Gasteiger charge is 2.44. The van der Waals surface area contributed by atoms with Crippen molar-refractivity contribution in [2.75, 3.05) is 60.7 Å². The van der Waals surface area contributed by atoms with Gasteiger partial charge in [0, 0.05) is 51.5 Å². The topological polar surface area (TPSA) is 88.0 Å². The van der Waals surface area contributed by atoms with Gasteiger partial charge in [0.25, 0.3) is 0 Å². The standard InChI is InChI=1S/C19H29N5O4S/c1-23(7-9-26-2)13-10-20-16(27-3)14-15(13)29-17(21-14)22-18(25)24-6-4-19(11-24)5-8-28-12-19/h10,14-15H,4-9,11-12H2,1-3H3,(H,21,22,25). The number of amidine groups is 1. The first-order chi connectivity index (χ1) is 14.0. The molecule has 1 spiro atoms. The molecule has 4 aliphatic rings. The van der Waals surface area contributed by atoms with E-state index in [9.17, 15) is 4.79 Å². The quantitative estimate of drug-likeness (QED) is 0.729. The molecule has 2 saturated heterocycles. The zero-order chi connectivity index (χ0) is 20.4. The minimum absolute atomic E-state index is 0.0211. The summed E-state index contributed by atoms with van der Waals surface area (Å²) < 4.78 is 16.2. The lowest BCUT2D eigenvalue weighted by atomic mass is 9.87. The Morgan fingerprint density at radius 3 is 3.07 bits per heavy atom. The highest BCUT2D eigenvalue weighted by molar-refractivity contribution is 8.14. The number of aliphatic imine (C=N–C) groups is 2. The Morgan fingerprint density at radius 2 is 2.34 bits per heavy atom. The Kier molecular flexibility index (Phi) is 6.03. The number of hydrogen-bond donors (Lipinski definition) is 1. The molecule has 0 aromatic heterocycles. The van der Waals surface area contributed by atoms with E-state index in [0.29, 0.717) is 17.7 Å². The molecule has 0 radical (unpaired) electrons. The molecular weight excluding hydrogens is 394 g/mol. The Hall–Kier alpha value is -1.78. The maximum absolute atomic E-state index is 12.8. The number of methoxy groups -OCH3 is 2.